The molecule has 0 saturated heterocycles. The Morgan fingerprint density at radius 1 is 1.40 bits per heavy atom. The third kappa shape index (κ3) is 2.27. The van der Waals surface area contributed by atoms with Gasteiger partial charge in [-0.15, -0.1) is 0 Å². The van der Waals surface area contributed by atoms with Crippen molar-refractivity contribution in [2.24, 2.45) is 5.92 Å². The number of Topliss-reactive ketones (excluding diaryl/α,β-unsaturated/α-hetero) is 1. The highest BCUT2D eigenvalue weighted by atomic mass is 35.5. The van der Waals surface area contributed by atoms with Crippen molar-refractivity contribution in [2.45, 2.75) is 20.8 Å². The maximum atomic E-state index is 11.8. The highest BCUT2D eigenvalue weighted by Gasteiger charge is 2.19. The van der Waals surface area contributed by atoms with Crippen molar-refractivity contribution in [2.75, 3.05) is 0 Å². The van der Waals surface area contributed by atoms with E-state index < -0.39 is 0 Å². The Kier molecular flexibility index (Phi) is 3.63. The van der Waals surface area contributed by atoms with Crippen molar-refractivity contribution in [3.05, 3.63) is 27.2 Å². The zero-order valence-corrected chi connectivity index (χ0v) is 10.3. The van der Waals surface area contributed by atoms with Crippen LogP contribution in [0, 0.1) is 12.8 Å². The van der Waals surface area contributed by atoms with Crippen LogP contribution in [-0.4, -0.2) is 10.9 Å². The van der Waals surface area contributed by atoms with Gasteiger partial charge in [-0.1, -0.05) is 37.0 Å². The second-order valence-electron chi connectivity index (χ2n) is 3.71. The minimum absolute atomic E-state index is 0.0676. The number of benzene rings is 1. The van der Waals surface area contributed by atoms with Gasteiger partial charge < -0.3 is 5.11 Å². The van der Waals surface area contributed by atoms with Crippen molar-refractivity contribution in [1.29, 1.82) is 0 Å². The molecule has 1 N–H and O–H groups in total. The summed E-state index contributed by atoms with van der Waals surface area (Å²) in [5.74, 6) is -0.297. The number of rotatable bonds is 2. The third-order valence-corrected chi connectivity index (χ3v) is 2.98. The molecule has 0 bridgehead atoms. The molecule has 1 aromatic carbocycles. The Bertz CT molecular complexity index is 412. The average molecular weight is 247 g/mol. The molecular formula is C11H12Cl2O2. The van der Waals surface area contributed by atoms with E-state index in [1.807, 2.05) is 0 Å². The largest absolute Gasteiger partial charge is 0.506 e. The van der Waals surface area contributed by atoms with Crippen molar-refractivity contribution >= 4 is 29.0 Å². The summed E-state index contributed by atoms with van der Waals surface area (Å²) in [5.41, 5.74) is 0.806. The molecule has 0 heterocycles. The van der Waals surface area contributed by atoms with Crippen molar-refractivity contribution < 1.29 is 9.90 Å². The lowest BCUT2D eigenvalue weighted by Crippen LogP contribution is -2.08. The van der Waals surface area contributed by atoms with E-state index in [4.69, 9.17) is 23.2 Å². The SMILES string of the molecule is Cc1c(O)c(Cl)cc(C(=O)C(C)C)c1Cl. The number of carbonyl (C=O) groups is 1. The topological polar surface area (TPSA) is 37.3 Å². The van der Waals surface area contributed by atoms with E-state index in [2.05, 4.69) is 0 Å². The van der Waals surface area contributed by atoms with Crippen LogP contribution in [0.25, 0.3) is 0 Å². The van der Waals surface area contributed by atoms with Crippen molar-refractivity contribution in [3.63, 3.8) is 0 Å². The molecule has 82 valence electrons. The second kappa shape index (κ2) is 4.42. The molecule has 0 spiro atoms. The number of hydrogen-bond donors (Lipinski definition) is 1. The van der Waals surface area contributed by atoms with Crippen LogP contribution in [0.15, 0.2) is 6.07 Å². The maximum Gasteiger partial charge on any atom is 0.166 e. The predicted molar refractivity (Wildman–Crippen MR) is 62.0 cm³/mol. The molecule has 0 aliphatic rings. The van der Waals surface area contributed by atoms with Gasteiger partial charge >= 0.3 is 0 Å². The molecule has 0 aliphatic carbocycles. The molecule has 15 heavy (non-hydrogen) atoms. The van der Waals surface area contributed by atoms with Gasteiger partial charge in [-0.3, -0.25) is 4.79 Å². The third-order valence-electron chi connectivity index (χ3n) is 2.21. The van der Waals surface area contributed by atoms with E-state index in [1.165, 1.54) is 6.07 Å². The number of ketones is 1. The molecule has 2 nitrogen and oxygen atoms in total. The van der Waals surface area contributed by atoms with E-state index in [9.17, 15) is 9.90 Å². The van der Waals surface area contributed by atoms with Gasteiger partial charge in [0, 0.05) is 17.0 Å². The lowest BCUT2D eigenvalue weighted by Gasteiger charge is -2.11. The van der Waals surface area contributed by atoms with Crippen molar-refractivity contribution in [1.82, 2.24) is 0 Å². The highest BCUT2D eigenvalue weighted by Crippen LogP contribution is 2.35. The van der Waals surface area contributed by atoms with Crippen molar-refractivity contribution in [3.8, 4) is 5.75 Å². The first-order valence-corrected chi connectivity index (χ1v) is 5.33. The summed E-state index contributed by atoms with van der Waals surface area (Å²) < 4.78 is 0. The Balaban J connectivity index is 3.39. The number of halogens is 2. The Morgan fingerprint density at radius 3 is 2.40 bits per heavy atom. The van der Waals surface area contributed by atoms with E-state index >= 15 is 0 Å². The number of phenolic OH excluding ortho intramolecular Hbond substituents is 1. The van der Waals surface area contributed by atoms with E-state index in [1.54, 1.807) is 20.8 Å². The van der Waals surface area contributed by atoms with Crippen LogP contribution in [0.2, 0.25) is 10.0 Å². The fourth-order valence-electron chi connectivity index (χ4n) is 1.23. The molecular weight excluding hydrogens is 235 g/mol. The zero-order valence-electron chi connectivity index (χ0n) is 8.77. The maximum absolute atomic E-state index is 11.8. The van der Waals surface area contributed by atoms with Crippen LogP contribution in [0.5, 0.6) is 5.75 Å². The molecule has 0 saturated carbocycles. The van der Waals surface area contributed by atoms with Gasteiger partial charge in [-0.05, 0) is 13.0 Å². The van der Waals surface area contributed by atoms with Crippen LogP contribution < -0.4 is 0 Å². The molecule has 0 atom stereocenters. The van der Waals surface area contributed by atoms with Gasteiger partial charge in [-0.25, -0.2) is 0 Å². The summed E-state index contributed by atoms with van der Waals surface area (Å²) in [7, 11) is 0. The summed E-state index contributed by atoms with van der Waals surface area (Å²) in [6, 6.07) is 1.41. The molecule has 1 rings (SSSR count). The lowest BCUT2D eigenvalue weighted by molar-refractivity contribution is 0.0939. The van der Waals surface area contributed by atoms with E-state index in [0.717, 1.165) is 0 Å². The first-order chi connectivity index (χ1) is 6.86. The highest BCUT2D eigenvalue weighted by molar-refractivity contribution is 6.37. The zero-order chi connectivity index (χ0) is 11.7. The Hall–Kier alpha value is -0.730. The van der Waals surface area contributed by atoms with Gasteiger partial charge in [0.25, 0.3) is 0 Å². The quantitative estimate of drug-likeness (QED) is 0.806. The fraction of sp³-hybridized carbons (Fsp3) is 0.364. The molecule has 0 aliphatic heterocycles. The molecule has 0 amide bonds. The molecule has 0 aromatic heterocycles. The van der Waals surface area contributed by atoms with Gasteiger partial charge in [0.1, 0.15) is 5.75 Å². The van der Waals surface area contributed by atoms with Crippen LogP contribution in [0.3, 0.4) is 0 Å². The molecule has 0 unspecified atom stereocenters. The number of carbonyl (C=O) groups excluding carboxylic acids is 1. The lowest BCUT2D eigenvalue weighted by atomic mass is 9.99. The summed E-state index contributed by atoms with van der Waals surface area (Å²) in [6.45, 7) is 5.20. The molecule has 1 aromatic rings. The summed E-state index contributed by atoms with van der Waals surface area (Å²) >= 11 is 11.7. The average Bonchev–Trinajstić information content (AvgIpc) is 2.19. The minimum Gasteiger partial charge on any atom is -0.506 e. The summed E-state index contributed by atoms with van der Waals surface area (Å²) in [4.78, 5) is 11.8. The van der Waals surface area contributed by atoms with Gasteiger partial charge in [0.15, 0.2) is 5.78 Å². The monoisotopic (exact) mass is 246 g/mol. The minimum atomic E-state index is -0.150. The van der Waals surface area contributed by atoms with E-state index in [-0.39, 0.29) is 27.5 Å². The van der Waals surface area contributed by atoms with Gasteiger partial charge in [0.2, 0.25) is 0 Å². The summed E-state index contributed by atoms with van der Waals surface area (Å²) in [5, 5.41) is 9.93. The van der Waals surface area contributed by atoms with Gasteiger partial charge in [-0.2, -0.15) is 0 Å². The van der Waals surface area contributed by atoms with Crippen LogP contribution >= 0.6 is 23.2 Å². The van der Waals surface area contributed by atoms with Gasteiger partial charge in [0.05, 0.1) is 10.0 Å². The molecule has 0 fully saturated rings. The molecule has 4 heteroatoms. The second-order valence-corrected chi connectivity index (χ2v) is 4.50. The Labute approximate surface area is 98.8 Å². The smallest absolute Gasteiger partial charge is 0.166 e. The predicted octanol–water partition coefficient (Wildman–Crippen LogP) is 3.85. The first-order valence-electron chi connectivity index (χ1n) is 4.58. The number of aromatic hydroxyl groups is 1. The van der Waals surface area contributed by atoms with Crippen LogP contribution in [0.1, 0.15) is 29.8 Å². The normalized spacial score (nSPS) is 10.8. The van der Waals surface area contributed by atoms with Crippen LogP contribution in [0.4, 0.5) is 0 Å². The summed E-state index contributed by atoms with van der Waals surface area (Å²) in [6.07, 6.45) is 0. The van der Waals surface area contributed by atoms with E-state index in [0.29, 0.717) is 11.1 Å². The standard InChI is InChI=1S/C11H12Cl2O2/c1-5(2)10(14)7-4-8(12)11(15)6(3)9(7)13/h4-5,15H,1-3H3. The molecule has 0 radical (unpaired) electrons. The first kappa shape index (κ1) is 12.3. The van der Waals surface area contributed by atoms with Crippen LogP contribution in [-0.2, 0) is 0 Å². The Morgan fingerprint density at radius 2 is 1.93 bits per heavy atom. The fourth-order valence-corrected chi connectivity index (χ4v) is 1.72. The number of phenols is 1. The number of hydrogen-bond acceptors (Lipinski definition) is 2.